The summed E-state index contributed by atoms with van der Waals surface area (Å²) in [6, 6.07) is 11.9. The van der Waals surface area contributed by atoms with Gasteiger partial charge in [-0.1, -0.05) is 23.9 Å². The van der Waals surface area contributed by atoms with Crippen LogP contribution in [0.4, 0.5) is 5.69 Å². The molecule has 0 bridgehead atoms. The van der Waals surface area contributed by atoms with Crippen molar-refractivity contribution >= 4 is 62.8 Å². The largest absolute Gasteiger partial charge is 0.465 e. The maximum absolute atomic E-state index is 12.2. The van der Waals surface area contributed by atoms with E-state index in [1.54, 1.807) is 23.1 Å². The summed E-state index contributed by atoms with van der Waals surface area (Å²) in [6.07, 6.45) is 0.736. The quantitative estimate of drug-likeness (QED) is 0.190. The number of hydrogen-bond acceptors (Lipinski definition) is 10. The van der Waals surface area contributed by atoms with Gasteiger partial charge in [0, 0.05) is 17.9 Å². The zero-order valence-electron chi connectivity index (χ0n) is 18.5. The molecule has 0 radical (unpaired) electrons. The van der Waals surface area contributed by atoms with Crippen LogP contribution in [0.3, 0.4) is 0 Å². The topological polar surface area (TPSA) is 121 Å². The number of para-hydroxylation sites is 1. The molecule has 3 aromatic rings. The van der Waals surface area contributed by atoms with Crippen molar-refractivity contribution in [2.75, 3.05) is 31.9 Å². The summed E-state index contributed by atoms with van der Waals surface area (Å²) in [5, 5.41) is 2.49. The number of amides is 1. The Morgan fingerprint density at radius 3 is 2.32 bits per heavy atom. The molecule has 1 heterocycles. The summed E-state index contributed by atoms with van der Waals surface area (Å²) in [5.41, 5.74) is 1.24. The van der Waals surface area contributed by atoms with Crippen molar-refractivity contribution in [2.24, 2.45) is 0 Å². The van der Waals surface area contributed by atoms with Crippen LogP contribution in [0.2, 0.25) is 0 Å². The number of carbonyl (C=O) groups is 4. The number of methoxy groups -OCH3 is 2. The third-order valence-corrected chi connectivity index (χ3v) is 6.71. The molecule has 1 aromatic heterocycles. The van der Waals surface area contributed by atoms with Gasteiger partial charge in [0.15, 0.2) is 10.9 Å². The van der Waals surface area contributed by atoms with Crippen LogP contribution in [-0.2, 0) is 23.8 Å². The minimum Gasteiger partial charge on any atom is -0.465 e. The van der Waals surface area contributed by atoms with Crippen LogP contribution in [0, 0.1) is 0 Å². The number of thioether (sulfide) groups is 1. The molecule has 0 aliphatic rings. The lowest BCUT2D eigenvalue weighted by Gasteiger charge is -2.10. The predicted octanol–water partition coefficient (Wildman–Crippen LogP) is 3.92. The van der Waals surface area contributed by atoms with Gasteiger partial charge in [-0.2, -0.15) is 0 Å². The van der Waals surface area contributed by atoms with Gasteiger partial charge in [-0.05, 0) is 36.8 Å². The minimum absolute atomic E-state index is 0.0586. The Labute approximate surface area is 203 Å². The third kappa shape index (κ3) is 7.03. The van der Waals surface area contributed by atoms with Crippen LogP contribution in [-0.4, -0.2) is 55.4 Å². The number of aromatic nitrogens is 1. The summed E-state index contributed by atoms with van der Waals surface area (Å²) >= 11 is 3.17. The highest BCUT2D eigenvalue weighted by molar-refractivity contribution is 8.01. The van der Waals surface area contributed by atoms with Crippen molar-refractivity contribution in [3.8, 4) is 0 Å². The molecular weight excluding hydrogens is 480 g/mol. The van der Waals surface area contributed by atoms with Gasteiger partial charge in [0.2, 0.25) is 0 Å². The lowest BCUT2D eigenvalue weighted by atomic mass is 10.1. The Balaban J connectivity index is 1.44. The van der Waals surface area contributed by atoms with Crippen LogP contribution in [0.15, 0.2) is 46.8 Å². The number of nitrogens with zero attached hydrogens (tertiary/aromatic N) is 1. The smallest absolute Gasteiger partial charge is 0.337 e. The maximum atomic E-state index is 12.2. The first-order valence-corrected chi connectivity index (χ1v) is 12.0. The second kappa shape index (κ2) is 12.1. The molecule has 11 heteroatoms. The number of hydrogen-bond donors (Lipinski definition) is 1. The Morgan fingerprint density at radius 2 is 1.68 bits per heavy atom. The van der Waals surface area contributed by atoms with E-state index >= 15 is 0 Å². The zero-order chi connectivity index (χ0) is 24.5. The summed E-state index contributed by atoms with van der Waals surface area (Å²) in [7, 11) is 2.39. The van der Waals surface area contributed by atoms with Gasteiger partial charge < -0.3 is 19.5 Å². The first kappa shape index (κ1) is 25.2. The molecule has 3 rings (SSSR count). The van der Waals surface area contributed by atoms with Gasteiger partial charge in [-0.3, -0.25) is 9.59 Å². The predicted molar refractivity (Wildman–Crippen MR) is 128 cm³/mol. The van der Waals surface area contributed by atoms with Crippen molar-refractivity contribution < 1.29 is 33.4 Å². The summed E-state index contributed by atoms with van der Waals surface area (Å²) in [4.78, 5) is 52.3. The van der Waals surface area contributed by atoms with Gasteiger partial charge in [0.05, 0.1) is 35.6 Å². The molecule has 0 aliphatic carbocycles. The van der Waals surface area contributed by atoms with Gasteiger partial charge in [0.1, 0.15) is 0 Å². The number of nitrogens with one attached hydrogen (secondary N) is 1. The number of carbonyl (C=O) groups excluding carboxylic acids is 4. The lowest BCUT2D eigenvalue weighted by Crippen LogP contribution is -2.21. The van der Waals surface area contributed by atoms with Crippen molar-refractivity contribution in [1.82, 2.24) is 4.98 Å². The highest BCUT2D eigenvalue weighted by Crippen LogP contribution is 2.29. The number of thiazole rings is 1. The highest BCUT2D eigenvalue weighted by Gasteiger charge is 2.16. The summed E-state index contributed by atoms with van der Waals surface area (Å²) in [5.74, 6) is -1.79. The average Bonchev–Trinajstić information content (AvgIpc) is 3.27. The molecule has 0 spiro atoms. The fourth-order valence-corrected chi connectivity index (χ4v) is 4.95. The van der Waals surface area contributed by atoms with Crippen LogP contribution >= 0.6 is 23.1 Å². The SMILES string of the molecule is COC(=O)c1cc(NC(=O)COC(=O)CCCSc2nc3ccccc3s2)cc(C(=O)OC)c1. The Morgan fingerprint density at radius 1 is 1.00 bits per heavy atom. The van der Waals surface area contributed by atoms with E-state index in [-0.39, 0.29) is 23.2 Å². The number of esters is 3. The standard InChI is InChI=1S/C23H22N2O7S2/c1-30-21(28)14-10-15(22(29)31-2)12-16(11-14)24-19(26)13-32-20(27)8-5-9-33-23-25-17-6-3-4-7-18(17)34-23/h3-4,6-7,10-12H,5,8-9,13H2,1-2H3,(H,24,26). The van der Waals surface area contributed by atoms with Gasteiger partial charge >= 0.3 is 17.9 Å². The number of benzene rings is 2. The number of anilines is 1. The summed E-state index contributed by atoms with van der Waals surface area (Å²) in [6.45, 7) is -0.500. The molecule has 1 amide bonds. The van der Waals surface area contributed by atoms with E-state index in [0.29, 0.717) is 12.2 Å². The first-order chi connectivity index (χ1) is 16.4. The fourth-order valence-electron chi connectivity index (χ4n) is 2.88. The van der Waals surface area contributed by atoms with E-state index in [1.807, 2.05) is 24.3 Å². The average molecular weight is 503 g/mol. The van der Waals surface area contributed by atoms with Gasteiger partial charge in [-0.25, -0.2) is 14.6 Å². The second-order valence-corrected chi connectivity index (χ2v) is 9.26. The lowest BCUT2D eigenvalue weighted by molar-refractivity contribution is -0.147. The fraction of sp³-hybridized carbons (Fsp3) is 0.261. The molecule has 178 valence electrons. The summed E-state index contributed by atoms with van der Waals surface area (Å²) < 4.78 is 16.4. The van der Waals surface area contributed by atoms with Crippen molar-refractivity contribution in [3.05, 3.63) is 53.6 Å². The van der Waals surface area contributed by atoms with E-state index in [4.69, 9.17) is 4.74 Å². The molecule has 0 atom stereocenters. The molecule has 1 N–H and O–H groups in total. The van der Waals surface area contributed by atoms with Crippen LogP contribution < -0.4 is 5.32 Å². The van der Waals surface area contributed by atoms with Crippen molar-refractivity contribution in [3.63, 3.8) is 0 Å². The molecule has 0 aliphatic heterocycles. The normalized spacial score (nSPS) is 10.5. The van der Waals surface area contributed by atoms with Crippen LogP contribution in [0.1, 0.15) is 33.6 Å². The van der Waals surface area contributed by atoms with Crippen LogP contribution in [0.25, 0.3) is 10.2 Å². The van der Waals surface area contributed by atoms with E-state index in [2.05, 4.69) is 19.8 Å². The monoisotopic (exact) mass is 502 g/mol. The maximum Gasteiger partial charge on any atom is 0.337 e. The highest BCUT2D eigenvalue weighted by atomic mass is 32.2. The molecule has 0 fully saturated rings. The Kier molecular flexibility index (Phi) is 9.00. The molecule has 34 heavy (non-hydrogen) atoms. The van der Waals surface area contributed by atoms with Crippen LogP contribution in [0.5, 0.6) is 0 Å². The number of fused-ring (bicyclic) bond motifs is 1. The van der Waals surface area contributed by atoms with E-state index in [0.717, 1.165) is 14.6 Å². The molecule has 0 saturated heterocycles. The molecule has 0 unspecified atom stereocenters. The van der Waals surface area contributed by atoms with Gasteiger partial charge in [-0.15, -0.1) is 11.3 Å². The molecule has 9 nitrogen and oxygen atoms in total. The molecule has 0 saturated carbocycles. The second-order valence-electron chi connectivity index (χ2n) is 6.89. The number of ether oxygens (including phenoxy) is 3. The van der Waals surface area contributed by atoms with E-state index in [9.17, 15) is 19.2 Å². The number of rotatable bonds is 10. The van der Waals surface area contributed by atoms with Gasteiger partial charge in [0.25, 0.3) is 5.91 Å². The first-order valence-electron chi connectivity index (χ1n) is 10.1. The van der Waals surface area contributed by atoms with E-state index in [1.165, 1.54) is 32.4 Å². The Hall–Kier alpha value is -3.44. The third-order valence-electron chi connectivity index (χ3n) is 4.45. The van der Waals surface area contributed by atoms with Crippen molar-refractivity contribution in [2.45, 2.75) is 17.2 Å². The molecular formula is C23H22N2O7S2. The molecule has 2 aromatic carbocycles. The minimum atomic E-state index is -0.684. The Bertz CT molecular complexity index is 1140. The van der Waals surface area contributed by atoms with E-state index < -0.39 is 30.4 Å². The zero-order valence-corrected chi connectivity index (χ0v) is 20.1. The van der Waals surface area contributed by atoms with Crippen molar-refractivity contribution in [1.29, 1.82) is 0 Å².